The predicted molar refractivity (Wildman–Crippen MR) is 109 cm³/mol. The Morgan fingerprint density at radius 3 is 2.83 bits per heavy atom. The highest BCUT2D eigenvalue weighted by molar-refractivity contribution is 5.77. The summed E-state index contributed by atoms with van der Waals surface area (Å²) >= 11 is 0. The summed E-state index contributed by atoms with van der Waals surface area (Å²) in [5, 5.41) is 13.0. The molecule has 146 valence electrons. The van der Waals surface area contributed by atoms with Crippen LogP contribution in [0.4, 0.5) is 0 Å². The number of amides is 1. The molecule has 1 aromatic carbocycles. The van der Waals surface area contributed by atoms with E-state index in [-0.39, 0.29) is 11.9 Å². The summed E-state index contributed by atoms with van der Waals surface area (Å²) in [4.78, 5) is 14.9. The van der Waals surface area contributed by atoms with Gasteiger partial charge in [-0.3, -0.25) is 9.20 Å². The van der Waals surface area contributed by atoms with Crippen LogP contribution in [0.2, 0.25) is 0 Å². The van der Waals surface area contributed by atoms with Crippen LogP contribution in [0, 0.1) is 0 Å². The maximum absolute atomic E-state index is 13.0. The fourth-order valence-corrected chi connectivity index (χ4v) is 4.03. The van der Waals surface area contributed by atoms with E-state index in [1.165, 1.54) is 0 Å². The number of carbonyl (C=O) groups excluding carboxylic acids is 1. The zero-order valence-electron chi connectivity index (χ0n) is 16.1. The molecular weight excluding hydrogens is 364 g/mol. The minimum absolute atomic E-state index is 0.00746. The quantitative estimate of drug-likeness (QED) is 0.528. The summed E-state index contributed by atoms with van der Waals surface area (Å²) in [6, 6.07) is 15.8. The summed E-state index contributed by atoms with van der Waals surface area (Å²) in [5.41, 5.74) is 2.89. The van der Waals surface area contributed by atoms with Crippen LogP contribution < -0.4 is 0 Å². The van der Waals surface area contributed by atoms with Gasteiger partial charge in [-0.1, -0.05) is 24.3 Å². The first kappa shape index (κ1) is 17.6. The van der Waals surface area contributed by atoms with E-state index in [0.717, 1.165) is 42.1 Å². The number of nitrogens with zero attached hydrogens (tertiary/aromatic N) is 6. The average molecular weight is 386 g/mol. The van der Waals surface area contributed by atoms with Crippen molar-refractivity contribution < 1.29 is 4.79 Å². The van der Waals surface area contributed by atoms with E-state index in [0.29, 0.717) is 12.8 Å². The third kappa shape index (κ3) is 3.40. The largest absolute Gasteiger partial charge is 0.332 e. The molecular formula is C22H22N6O. The van der Waals surface area contributed by atoms with Crippen molar-refractivity contribution in [3.05, 3.63) is 78.5 Å². The molecule has 0 radical (unpaired) electrons. The second-order valence-corrected chi connectivity index (χ2v) is 7.36. The van der Waals surface area contributed by atoms with Crippen molar-refractivity contribution in [2.75, 3.05) is 6.54 Å². The summed E-state index contributed by atoms with van der Waals surface area (Å²) in [7, 11) is 0. The van der Waals surface area contributed by atoms with E-state index in [2.05, 4.69) is 15.3 Å². The number of carbonyl (C=O) groups is 1. The molecule has 4 heterocycles. The van der Waals surface area contributed by atoms with Gasteiger partial charge < -0.3 is 4.90 Å². The molecule has 0 aliphatic carbocycles. The van der Waals surface area contributed by atoms with Gasteiger partial charge in [-0.25, -0.2) is 4.68 Å². The van der Waals surface area contributed by atoms with Gasteiger partial charge in [0.1, 0.15) is 0 Å². The lowest BCUT2D eigenvalue weighted by molar-refractivity contribution is -0.132. The van der Waals surface area contributed by atoms with E-state index in [4.69, 9.17) is 0 Å². The Balaban J connectivity index is 1.28. The van der Waals surface area contributed by atoms with E-state index in [1.807, 2.05) is 81.1 Å². The SMILES string of the molecule is O=C(CCc1cnn(-c2ccccc2)c1)N1CCC[C@H]1c1nnc2ccccn12. The molecule has 5 rings (SSSR count). The second kappa shape index (κ2) is 7.50. The van der Waals surface area contributed by atoms with Gasteiger partial charge in [0.2, 0.25) is 5.91 Å². The van der Waals surface area contributed by atoms with Gasteiger partial charge in [0.15, 0.2) is 11.5 Å². The van der Waals surface area contributed by atoms with Crippen LogP contribution in [0.1, 0.15) is 36.7 Å². The maximum atomic E-state index is 13.0. The van der Waals surface area contributed by atoms with Crippen molar-refractivity contribution in [1.82, 2.24) is 29.3 Å². The van der Waals surface area contributed by atoms with Gasteiger partial charge in [0, 0.05) is 25.4 Å². The number of hydrogen-bond donors (Lipinski definition) is 0. The highest BCUT2D eigenvalue weighted by Gasteiger charge is 2.32. The van der Waals surface area contributed by atoms with Crippen molar-refractivity contribution in [2.45, 2.75) is 31.7 Å². The normalized spacial score (nSPS) is 16.6. The number of aryl methyl sites for hydroxylation is 1. The molecule has 0 N–H and O–H groups in total. The van der Waals surface area contributed by atoms with Crippen LogP contribution >= 0.6 is 0 Å². The Hall–Kier alpha value is -3.48. The van der Waals surface area contributed by atoms with Gasteiger partial charge in [-0.05, 0) is 49.1 Å². The number of aromatic nitrogens is 5. The lowest BCUT2D eigenvalue weighted by atomic mass is 10.1. The number of benzene rings is 1. The van der Waals surface area contributed by atoms with Crippen molar-refractivity contribution >= 4 is 11.6 Å². The molecule has 1 aliphatic rings. The van der Waals surface area contributed by atoms with E-state index in [1.54, 1.807) is 0 Å². The molecule has 7 heteroatoms. The van der Waals surface area contributed by atoms with Gasteiger partial charge >= 0.3 is 0 Å². The first-order chi connectivity index (χ1) is 14.3. The predicted octanol–water partition coefficient (Wildman–Crippen LogP) is 3.21. The van der Waals surface area contributed by atoms with Crippen LogP contribution in [-0.4, -0.2) is 41.7 Å². The molecule has 1 atom stereocenters. The smallest absolute Gasteiger partial charge is 0.223 e. The lowest BCUT2D eigenvalue weighted by Crippen LogP contribution is -2.31. The molecule has 1 fully saturated rings. The van der Waals surface area contributed by atoms with Crippen LogP contribution in [0.25, 0.3) is 11.3 Å². The van der Waals surface area contributed by atoms with Gasteiger partial charge in [-0.2, -0.15) is 5.10 Å². The number of hydrogen-bond acceptors (Lipinski definition) is 4. The maximum Gasteiger partial charge on any atom is 0.223 e. The number of para-hydroxylation sites is 1. The van der Waals surface area contributed by atoms with E-state index < -0.39 is 0 Å². The number of rotatable bonds is 5. The number of likely N-dealkylation sites (tertiary alicyclic amines) is 1. The first-order valence-electron chi connectivity index (χ1n) is 9.98. The fourth-order valence-electron chi connectivity index (χ4n) is 4.03. The lowest BCUT2D eigenvalue weighted by Gasteiger charge is -2.23. The standard InChI is InChI=1S/C22H22N6O/c29-21(12-11-17-15-23-28(16-17)18-7-2-1-3-8-18)26-14-6-9-19(26)22-25-24-20-10-4-5-13-27(20)22/h1-5,7-8,10,13,15-16,19H,6,9,11-12,14H2/t19-/m0/s1. The third-order valence-corrected chi connectivity index (χ3v) is 5.50. The number of fused-ring (bicyclic) bond motifs is 1. The van der Waals surface area contributed by atoms with E-state index in [9.17, 15) is 4.79 Å². The molecule has 1 aliphatic heterocycles. The molecule has 0 saturated carbocycles. The average Bonchev–Trinajstić information content (AvgIpc) is 3.51. The topological polar surface area (TPSA) is 68.3 Å². The Morgan fingerprint density at radius 2 is 1.93 bits per heavy atom. The summed E-state index contributed by atoms with van der Waals surface area (Å²) in [6.07, 6.45) is 8.86. The van der Waals surface area contributed by atoms with Crippen LogP contribution in [-0.2, 0) is 11.2 Å². The summed E-state index contributed by atoms with van der Waals surface area (Å²) in [5.74, 6) is 1.01. The molecule has 7 nitrogen and oxygen atoms in total. The number of pyridine rings is 1. The first-order valence-corrected chi connectivity index (χ1v) is 9.98. The molecule has 1 amide bonds. The van der Waals surface area contributed by atoms with Crippen molar-refractivity contribution in [3.8, 4) is 5.69 Å². The van der Waals surface area contributed by atoms with Crippen LogP contribution in [0.3, 0.4) is 0 Å². The Labute approximate surface area is 168 Å². The Kier molecular flexibility index (Phi) is 4.56. The molecule has 0 unspecified atom stereocenters. The Bertz CT molecular complexity index is 1130. The van der Waals surface area contributed by atoms with Crippen molar-refractivity contribution in [2.24, 2.45) is 0 Å². The van der Waals surface area contributed by atoms with Crippen LogP contribution in [0.5, 0.6) is 0 Å². The molecule has 0 bridgehead atoms. The van der Waals surface area contributed by atoms with Gasteiger partial charge in [0.25, 0.3) is 0 Å². The fraction of sp³-hybridized carbons (Fsp3) is 0.273. The third-order valence-electron chi connectivity index (χ3n) is 5.50. The molecule has 1 saturated heterocycles. The minimum Gasteiger partial charge on any atom is -0.332 e. The molecule has 0 spiro atoms. The minimum atomic E-state index is -0.00746. The highest BCUT2D eigenvalue weighted by atomic mass is 16.2. The van der Waals surface area contributed by atoms with Gasteiger partial charge in [0.05, 0.1) is 17.9 Å². The summed E-state index contributed by atoms with van der Waals surface area (Å²) in [6.45, 7) is 0.772. The summed E-state index contributed by atoms with van der Waals surface area (Å²) < 4.78 is 3.83. The highest BCUT2D eigenvalue weighted by Crippen LogP contribution is 2.31. The zero-order chi connectivity index (χ0) is 19.6. The molecule has 29 heavy (non-hydrogen) atoms. The Morgan fingerprint density at radius 1 is 1.07 bits per heavy atom. The van der Waals surface area contributed by atoms with Gasteiger partial charge in [-0.15, -0.1) is 10.2 Å². The molecule has 3 aromatic heterocycles. The van der Waals surface area contributed by atoms with E-state index >= 15 is 0 Å². The molecule has 4 aromatic rings. The van der Waals surface area contributed by atoms with Crippen molar-refractivity contribution in [1.29, 1.82) is 0 Å². The second-order valence-electron chi connectivity index (χ2n) is 7.36. The van der Waals surface area contributed by atoms with Crippen molar-refractivity contribution in [3.63, 3.8) is 0 Å². The zero-order valence-corrected chi connectivity index (χ0v) is 16.1. The van der Waals surface area contributed by atoms with Crippen LogP contribution in [0.15, 0.2) is 67.1 Å². The monoisotopic (exact) mass is 386 g/mol.